The number of halogens is 4. The van der Waals surface area contributed by atoms with Gasteiger partial charge in [0.2, 0.25) is 0 Å². The fourth-order valence-corrected chi connectivity index (χ4v) is 2.72. The SMILES string of the molecule is COc1ccccc1CC(Br)c1ccc(C(F)(F)F)cc1. The molecule has 0 spiro atoms. The fraction of sp³-hybridized carbons (Fsp3) is 0.250. The summed E-state index contributed by atoms with van der Waals surface area (Å²) in [5.74, 6) is 0.772. The Morgan fingerprint density at radius 2 is 1.67 bits per heavy atom. The number of para-hydroxylation sites is 1. The molecule has 0 N–H and O–H groups in total. The highest BCUT2D eigenvalue weighted by atomic mass is 79.9. The van der Waals surface area contributed by atoms with E-state index in [1.807, 2.05) is 24.3 Å². The van der Waals surface area contributed by atoms with Gasteiger partial charge in [-0.2, -0.15) is 13.2 Å². The second kappa shape index (κ2) is 6.52. The third-order valence-electron chi connectivity index (χ3n) is 3.19. The van der Waals surface area contributed by atoms with Crippen LogP contribution in [-0.4, -0.2) is 7.11 Å². The molecule has 21 heavy (non-hydrogen) atoms. The monoisotopic (exact) mass is 358 g/mol. The van der Waals surface area contributed by atoms with Crippen molar-refractivity contribution in [2.45, 2.75) is 17.4 Å². The van der Waals surface area contributed by atoms with Crippen LogP contribution in [-0.2, 0) is 12.6 Å². The van der Waals surface area contributed by atoms with Crippen molar-refractivity contribution in [2.24, 2.45) is 0 Å². The van der Waals surface area contributed by atoms with E-state index in [1.165, 1.54) is 12.1 Å². The molecule has 1 unspecified atom stereocenters. The molecule has 0 fully saturated rings. The zero-order valence-electron chi connectivity index (χ0n) is 11.3. The summed E-state index contributed by atoms with van der Waals surface area (Å²) >= 11 is 3.52. The highest BCUT2D eigenvalue weighted by Gasteiger charge is 2.30. The molecule has 1 nitrogen and oxygen atoms in total. The molecule has 2 aromatic rings. The van der Waals surface area contributed by atoms with Gasteiger partial charge in [0, 0.05) is 4.83 Å². The van der Waals surface area contributed by atoms with E-state index in [0.29, 0.717) is 6.42 Å². The summed E-state index contributed by atoms with van der Waals surface area (Å²) in [6.45, 7) is 0. The third kappa shape index (κ3) is 4.00. The Hall–Kier alpha value is -1.49. The van der Waals surface area contributed by atoms with Crippen molar-refractivity contribution in [2.75, 3.05) is 7.11 Å². The summed E-state index contributed by atoms with van der Waals surface area (Å²) in [6, 6.07) is 12.8. The van der Waals surface area contributed by atoms with E-state index < -0.39 is 11.7 Å². The lowest BCUT2D eigenvalue weighted by atomic mass is 10.0. The Labute approximate surface area is 129 Å². The van der Waals surface area contributed by atoms with E-state index in [0.717, 1.165) is 29.0 Å². The number of hydrogen-bond acceptors (Lipinski definition) is 1. The molecule has 2 rings (SSSR count). The second-order valence-corrected chi connectivity index (χ2v) is 5.71. The van der Waals surface area contributed by atoms with Crippen LogP contribution >= 0.6 is 15.9 Å². The molecular formula is C16H14BrF3O. The molecule has 0 saturated heterocycles. The van der Waals surface area contributed by atoms with Crippen LogP contribution in [0.3, 0.4) is 0 Å². The molecule has 0 radical (unpaired) electrons. The predicted octanol–water partition coefficient (Wildman–Crippen LogP) is 5.39. The maximum Gasteiger partial charge on any atom is 0.416 e. The molecule has 0 saturated carbocycles. The molecule has 0 aromatic heterocycles. The smallest absolute Gasteiger partial charge is 0.416 e. The summed E-state index contributed by atoms with van der Waals surface area (Å²) in [4.78, 5) is -0.0731. The second-order valence-electron chi connectivity index (χ2n) is 4.60. The average molecular weight is 359 g/mol. The van der Waals surface area contributed by atoms with Crippen molar-refractivity contribution in [1.29, 1.82) is 0 Å². The highest BCUT2D eigenvalue weighted by Crippen LogP contribution is 2.33. The lowest BCUT2D eigenvalue weighted by Gasteiger charge is -2.14. The lowest BCUT2D eigenvalue weighted by molar-refractivity contribution is -0.137. The zero-order chi connectivity index (χ0) is 15.5. The molecule has 0 amide bonds. The van der Waals surface area contributed by atoms with Gasteiger partial charge < -0.3 is 4.74 Å². The zero-order valence-corrected chi connectivity index (χ0v) is 12.9. The fourth-order valence-electron chi connectivity index (χ4n) is 2.06. The van der Waals surface area contributed by atoms with Crippen LogP contribution in [0.25, 0.3) is 0 Å². The van der Waals surface area contributed by atoms with Crippen molar-refractivity contribution in [3.63, 3.8) is 0 Å². The number of alkyl halides is 4. The molecule has 0 bridgehead atoms. The first-order valence-corrected chi connectivity index (χ1v) is 7.26. The van der Waals surface area contributed by atoms with Crippen molar-refractivity contribution >= 4 is 15.9 Å². The normalized spacial score (nSPS) is 13.0. The predicted molar refractivity (Wildman–Crippen MR) is 79.8 cm³/mol. The van der Waals surface area contributed by atoms with E-state index in [-0.39, 0.29) is 4.83 Å². The molecule has 5 heteroatoms. The molecule has 0 aliphatic rings. The summed E-state index contributed by atoms with van der Waals surface area (Å²) in [5, 5.41) is 0. The van der Waals surface area contributed by atoms with Gasteiger partial charge in [-0.1, -0.05) is 46.3 Å². The first-order chi connectivity index (χ1) is 9.91. The molecule has 0 heterocycles. The number of ether oxygens (including phenoxy) is 1. The van der Waals surface area contributed by atoms with Gasteiger partial charge in [-0.05, 0) is 35.7 Å². The Morgan fingerprint density at radius 1 is 1.05 bits per heavy atom. The molecule has 1 atom stereocenters. The van der Waals surface area contributed by atoms with Gasteiger partial charge in [0.05, 0.1) is 12.7 Å². The Kier molecular flexibility index (Phi) is 4.93. The molecule has 112 valence electrons. The van der Waals surface area contributed by atoms with Crippen LogP contribution in [0.1, 0.15) is 21.5 Å². The Morgan fingerprint density at radius 3 is 2.24 bits per heavy atom. The van der Waals surface area contributed by atoms with Crippen LogP contribution in [0.15, 0.2) is 48.5 Å². The van der Waals surface area contributed by atoms with Crippen molar-refractivity contribution in [3.05, 3.63) is 65.2 Å². The quantitative estimate of drug-likeness (QED) is 0.665. The minimum absolute atomic E-state index is 0.0731. The van der Waals surface area contributed by atoms with Crippen LogP contribution in [0.5, 0.6) is 5.75 Å². The summed E-state index contributed by atoms with van der Waals surface area (Å²) < 4.78 is 42.9. The van der Waals surface area contributed by atoms with Gasteiger partial charge in [0.1, 0.15) is 5.75 Å². The maximum absolute atomic E-state index is 12.5. The van der Waals surface area contributed by atoms with E-state index in [1.54, 1.807) is 7.11 Å². The molecular weight excluding hydrogens is 345 g/mol. The average Bonchev–Trinajstić information content (AvgIpc) is 2.47. The summed E-state index contributed by atoms with van der Waals surface area (Å²) in [5.41, 5.74) is 1.17. The molecule has 0 aliphatic carbocycles. The number of rotatable bonds is 4. The maximum atomic E-state index is 12.5. The van der Waals surface area contributed by atoms with Gasteiger partial charge >= 0.3 is 6.18 Å². The highest BCUT2D eigenvalue weighted by molar-refractivity contribution is 9.09. The first kappa shape index (κ1) is 15.9. The van der Waals surface area contributed by atoms with Crippen molar-refractivity contribution in [1.82, 2.24) is 0 Å². The number of hydrogen-bond donors (Lipinski definition) is 0. The standard InChI is InChI=1S/C16H14BrF3O/c1-21-15-5-3-2-4-12(15)10-14(17)11-6-8-13(9-7-11)16(18,19)20/h2-9,14H,10H2,1H3. The molecule has 0 aliphatic heterocycles. The van der Waals surface area contributed by atoms with Gasteiger partial charge in [0.15, 0.2) is 0 Å². The minimum atomic E-state index is -4.30. The van der Waals surface area contributed by atoms with Gasteiger partial charge in [-0.3, -0.25) is 0 Å². The van der Waals surface area contributed by atoms with Crippen molar-refractivity contribution < 1.29 is 17.9 Å². The largest absolute Gasteiger partial charge is 0.496 e. The molecule has 2 aromatic carbocycles. The Balaban J connectivity index is 2.15. The van der Waals surface area contributed by atoms with Gasteiger partial charge in [0.25, 0.3) is 0 Å². The van der Waals surface area contributed by atoms with E-state index in [9.17, 15) is 13.2 Å². The Bertz CT molecular complexity index is 593. The number of benzene rings is 2. The van der Waals surface area contributed by atoms with E-state index in [4.69, 9.17) is 4.74 Å². The third-order valence-corrected chi connectivity index (χ3v) is 4.04. The summed E-state index contributed by atoms with van der Waals surface area (Å²) in [6.07, 6.45) is -3.67. The van der Waals surface area contributed by atoms with Crippen molar-refractivity contribution in [3.8, 4) is 5.75 Å². The van der Waals surface area contributed by atoms with E-state index in [2.05, 4.69) is 15.9 Å². The van der Waals surface area contributed by atoms with Gasteiger partial charge in [-0.15, -0.1) is 0 Å². The van der Waals surface area contributed by atoms with Gasteiger partial charge in [-0.25, -0.2) is 0 Å². The van der Waals surface area contributed by atoms with Crippen LogP contribution in [0.2, 0.25) is 0 Å². The lowest BCUT2D eigenvalue weighted by Crippen LogP contribution is -2.05. The van der Waals surface area contributed by atoms with Crippen LogP contribution in [0, 0.1) is 0 Å². The summed E-state index contributed by atoms with van der Waals surface area (Å²) in [7, 11) is 1.60. The topological polar surface area (TPSA) is 9.23 Å². The van der Waals surface area contributed by atoms with Crippen LogP contribution in [0.4, 0.5) is 13.2 Å². The number of methoxy groups -OCH3 is 1. The van der Waals surface area contributed by atoms with Crippen LogP contribution < -0.4 is 4.74 Å². The minimum Gasteiger partial charge on any atom is -0.496 e. The first-order valence-electron chi connectivity index (χ1n) is 6.35. The van der Waals surface area contributed by atoms with E-state index >= 15 is 0 Å².